The molecule has 0 N–H and O–H groups in total. The number of rotatable bonds is 2. The smallest absolute Gasteiger partial charge is 0.233 e. The van der Waals surface area contributed by atoms with Crippen molar-refractivity contribution in [3.8, 4) is 29.3 Å². The Morgan fingerprint density at radius 3 is 2.21 bits per heavy atom. The summed E-state index contributed by atoms with van der Waals surface area (Å²) < 4.78 is 5.11. The summed E-state index contributed by atoms with van der Waals surface area (Å²) >= 11 is 0. The topological polar surface area (TPSA) is 69.7 Å². The molecule has 0 aliphatic rings. The summed E-state index contributed by atoms with van der Waals surface area (Å²) in [5.41, 5.74) is 2.73. The fourth-order valence-electron chi connectivity index (χ4n) is 1.92. The lowest BCUT2D eigenvalue weighted by molar-refractivity contribution is 0.396. The van der Waals surface area contributed by atoms with Crippen LogP contribution in [-0.2, 0) is 0 Å². The molecule has 0 spiro atoms. The Hall–Kier alpha value is -2.85. The second-order valence-electron chi connectivity index (χ2n) is 3.93. The average molecular weight is 249 g/mol. The van der Waals surface area contributed by atoms with Gasteiger partial charge >= 0.3 is 0 Å². The van der Waals surface area contributed by atoms with Gasteiger partial charge < -0.3 is 4.74 Å². The number of pyridine rings is 1. The average Bonchev–Trinajstić information content (AvgIpc) is 2.47. The van der Waals surface area contributed by atoms with Gasteiger partial charge in [-0.15, -0.1) is 0 Å². The van der Waals surface area contributed by atoms with Gasteiger partial charge in [-0.1, -0.05) is 30.3 Å². The van der Waals surface area contributed by atoms with Crippen LogP contribution >= 0.6 is 0 Å². The highest BCUT2D eigenvalue weighted by Crippen LogP contribution is 2.30. The number of hydrogen-bond acceptors (Lipinski definition) is 4. The first-order valence-electron chi connectivity index (χ1n) is 5.67. The van der Waals surface area contributed by atoms with Gasteiger partial charge in [0.25, 0.3) is 0 Å². The number of nitriles is 2. The lowest BCUT2D eigenvalue weighted by atomic mass is 9.99. The van der Waals surface area contributed by atoms with Crippen molar-refractivity contribution in [3.05, 3.63) is 47.0 Å². The molecule has 0 unspecified atom stereocenters. The number of aromatic nitrogens is 1. The van der Waals surface area contributed by atoms with E-state index in [1.165, 1.54) is 7.11 Å². The summed E-state index contributed by atoms with van der Waals surface area (Å²) in [6, 6.07) is 13.5. The van der Waals surface area contributed by atoms with Gasteiger partial charge in [0.05, 0.1) is 18.4 Å². The van der Waals surface area contributed by atoms with Crippen molar-refractivity contribution in [2.45, 2.75) is 6.92 Å². The molecule has 0 saturated heterocycles. The van der Waals surface area contributed by atoms with Crippen molar-refractivity contribution in [2.75, 3.05) is 7.11 Å². The van der Waals surface area contributed by atoms with Gasteiger partial charge in [-0.25, -0.2) is 4.98 Å². The molecule has 1 aromatic carbocycles. The molecule has 0 aliphatic heterocycles. The molecule has 0 atom stereocenters. The van der Waals surface area contributed by atoms with Gasteiger partial charge in [0, 0.05) is 5.56 Å². The summed E-state index contributed by atoms with van der Waals surface area (Å²) in [4.78, 5) is 4.34. The van der Waals surface area contributed by atoms with Crippen molar-refractivity contribution < 1.29 is 4.74 Å². The molecular weight excluding hydrogens is 238 g/mol. The first-order chi connectivity index (χ1) is 9.22. The molecule has 4 nitrogen and oxygen atoms in total. The molecule has 2 rings (SSSR count). The lowest BCUT2D eigenvalue weighted by Gasteiger charge is -2.11. The second-order valence-corrected chi connectivity index (χ2v) is 3.93. The minimum absolute atomic E-state index is 0.183. The van der Waals surface area contributed by atoms with Crippen LogP contribution in [0.15, 0.2) is 30.3 Å². The molecule has 2 aromatic rings. The van der Waals surface area contributed by atoms with Crippen LogP contribution in [0.1, 0.15) is 16.7 Å². The predicted octanol–water partition coefficient (Wildman–Crippen LogP) is 2.81. The SMILES string of the molecule is COc1nc(-c2ccccc2)c(C)c(C#N)c1C#N. The van der Waals surface area contributed by atoms with Crippen molar-refractivity contribution in [1.29, 1.82) is 10.5 Å². The Bertz CT molecular complexity index is 694. The third-order valence-electron chi connectivity index (χ3n) is 2.87. The van der Waals surface area contributed by atoms with Crippen LogP contribution < -0.4 is 4.74 Å². The second kappa shape index (κ2) is 5.20. The van der Waals surface area contributed by atoms with E-state index < -0.39 is 0 Å². The highest BCUT2D eigenvalue weighted by molar-refractivity contribution is 5.70. The van der Waals surface area contributed by atoms with E-state index in [1.54, 1.807) is 6.92 Å². The van der Waals surface area contributed by atoms with E-state index in [4.69, 9.17) is 10.00 Å². The van der Waals surface area contributed by atoms with E-state index in [-0.39, 0.29) is 11.4 Å². The number of hydrogen-bond donors (Lipinski definition) is 0. The van der Waals surface area contributed by atoms with E-state index in [0.717, 1.165) is 5.56 Å². The maximum absolute atomic E-state index is 9.24. The van der Waals surface area contributed by atoms with Crippen LogP contribution in [0.4, 0.5) is 0 Å². The number of methoxy groups -OCH3 is 1. The summed E-state index contributed by atoms with van der Waals surface area (Å²) in [5, 5.41) is 18.4. The fourth-order valence-corrected chi connectivity index (χ4v) is 1.92. The Balaban J connectivity index is 2.79. The van der Waals surface area contributed by atoms with Crippen LogP contribution in [0.3, 0.4) is 0 Å². The van der Waals surface area contributed by atoms with Crippen molar-refractivity contribution >= 4 is 0 Å². The molecule has 1 aromatic heterocycles. The molecule has 0 bridgehead atoms. The third kappa shape index (κ3) is 2.12. The van der Waals surface area contributed by atoms with E-state index >= 15 is 0 Å². The van der Waals surface area contributed by atoms with Crippen LogP contribution in [0.2, 0.25) is 0 Å². The van der Waals surface area contributed by atoms with E-state index in [9.17, 15) is 5.26 Å². The molecule has 0 aliphatic carbocycles. The fraction of sp³-hybridized carbons (Fsp3) is 0.133. The minimum Gasteiger partial charge on any atom is -0.480 e. The zero-order valence-electron chi connectivity index (χ0n) is 10.6. The van der Waals surface area contributed by atoms with Crippen LogP contribution in [-0.4, -0.2) is 12.1 Å². The van der Waals surface area contributed by atoms with Gasteiger partial charge in [0.2, 0.25) is 5.88 Å². The number of nitrogens with zero attached hydrogens (tertiary/aromatic N) is 3. The van der Waals surface area contributed by atoms with Crippen molar-refractivity contribution in [3.63, 3.8) is 0 Å². The molecule has 0 fully saturated rings. The highest BCUT2D eigenvalue weighted by Gasteiger charge is 2.18. The largest absolute Gasteiger partial charge is 0.480 e. The molecule has 92 valence electrons. The van der Waals surface area contributed by atoms with Gasteiger partial charge in [-0.2, -0.15) is 10.5 Å². The predicted molar refractivity (Wildman–Crippen MR) is 70.4 cm³/mol. The Morgan fingerprint density at radius 1 is 1.05 bits per heavy atom. The molecule has 1 heterocycles. The zero-order valence-corrected chi connectivity index (χ0v) is 10.6. The van der Waals surface area contributed by atoms with E-state index in [2.05, 4.69) is 11.1 Å². The standard InChI is InChI=1S/C15H11N3O/c1-10-12(8-16)13(9-17)15(19-2)18-14(10)11-6-4-3-5-7-11/h3-7H,1-2H3. The summed E-state index contributed by atoms with van der Waals surface area (Å²) in [6.45, 7) is 1.79. The van der Waals surface area contributed by atoms with E-state index in [0.29, 0.717) is 16.8 Å². The first kappa shape index (κ1) is 12.6. The van der Waals surface area contributed by atoms with Gasteiger partial charge in [0.15, 0.2) is 0 Å². The Kier molecular flexibility index (Phi) is 3.45. The van der Waals surface area contributed by atoms with E-state index in [1.807, 2.05) is 36.4 Å². The molecule has 19 heavy (non-hydrogen) atoms. The summed E-state index contributed by atoms with van der Waals surface area (Å²) in [5.74, 6) is 0.184. The monoisotopic (exact) mass is 249 g/mol. The summed E-state index contributed by atoms with van der Waals surface area (Å²) in [6.07, 6.45) is 0. The molecule has 4 heteroatoms. The normalized spacial score (nSPS) is 9.47. The maximum Gasteiger partial charge on any atom is 0.233 e. The maximum atomic E-state index is 9.24. The Labute approximate surface area is 111 Å². The third-order valence-corrected chi connectivity index (χ3v) is 2.87. The Morgan fingerprint density at radius 2 is 1.68 bits per heavy atom. The summed E-state index contributed by atoms with van der Waals surface area (Å²) in [7, 11) is 1.44. The van der Waals surface area contributed by atoms with Crippen molar-refractivity contribution in [2.24, 2.45) is 0 Å². The van der Waals surface area contributed by atoms with Gasteiger partial charge in [0.1, 0.15) is 17.7 Å². The van der Waals surface area contributed by atoms with Crippen LogP contribution in [0.25, 0.3) is 11.3 Å². The van der Waals surface area contributed by atoms with Gasteiger partial charge in [-0.3, -0.25) is 0 Å². The molecule has 0 amide bonds. The van der Waals surface area contributed by atoms with Gasteiger partial charge in [-0.05, 0) is 12.5 Å². The molecular formula is C15H11N3O. The van der Waals surface area contributed by atoms with Crippen molar-refractivity contribution in [1.82, 2.24) is 4.98 Å². The number of benzene rings is 1. The first-order valence-corrected chi connectivity index (χ1v) is 5.67. The quantitative estimate of drug-likeness (QED) is 0.820. The highest BCUT2D eigenvalue weighted by atomic mass is 16.5. The number of ether oxygens (including phenoxy) is 1. The van der Waals surface area contributed by atoms with Crippen LogP contribution in [0.5, 0.6) is 5.88 Å². The molecule has 0 radical (unpaired) electrons. The minimum atomic E-state index is 0.183. The zero-order chi connectivity index (χ0) is 13.8. The van der Waals surface area contributed by atoms with Crippen LogP contribution in [0, 0.1) is 29.6 Å². The molecule has 0 saturated carbocycles. The lowest BCUT2D eigenvalue weighted by Crippen LogP contribution is -2.01.